The highest BCUT2D eigenvalue weighted by molar-refractivity contribution is 9.11. The van der Waals surface area contributed by atoms with E-state index in [0.717, 1.165) is 14.3 Å². The molecule has 0 saturated carbocycles. The number of fused-ring (bicyclic) bond motifs is 1. The molecule has 13 heavy (non-hydrogen) atoms. The van der Waals surface area contributed by atoms with Gasteiger partial charge in [0.25, 0.3) is 5.56 Å². The van der Waals surface area contributed by atoms with E-state index < -0.39 is 0 Å². The van der Waals surface area contributed by atoms with Gasteiger partial charge in [-0.15, -0.1) is 0 Å². The highest BCUT2D eigenvalue weighted by Crippen LogP contribution is 2.25. The average molecular weight is 303 g/mol. The van der Waals surface area contributed by atoms with Crippen LogP contribution in [0.1, 0.15) is 0 Å². The van der Waals surface area contributed by atoms with Gasteiger partial charge in [-0.05, 0) is 37.9 Å². The number of aromatic nitrogens is 1. The second-order valence-corrected chi connectivity index (χ2v) is 4.34. The molecule has 0 saturated heterocycles. The topological polar surface area (TPSA) is 32.9 Å². The van der Waals surface area contributed by atoms with Gasteiger partial charge in [-0.3, -0.25) is 4.79 Å². The standard InChI is InChI=1S/C9H5Br2NO/c10-6-3-1-2-5-7(11)4-12-9(13)8(5)6/h1-4H,(H,12,13). The minimum atomic E-state index is -0.0781. The smallest absolute Gasteiger partial charge is 0.257 e. The highest BCUT2D eigenvalue weighted by Gasteiger charge is 2.04. The van der Waals surface area contributed by atoms with Crippen LogP contribution in [0.5, 0.6) is 0 Å². The molecule has 0 unspecified atom stereocenters. The Morgan fingerprint density at radius 1 is 1.15 bits per heavy atom. The van der Waals surface area contributed by atoms with E-state index in [1.54, 1.807) is 6.20 Å². The zero-order valence-corrected chi connectivity index (χ0v) is 9.65. The van der Waals surface area contributed by atoms with Crippen molar-refractivity contribution in [3.05, 3.63) is 43.7 Å². The van der Waals surface area contributed by atoms with E-state index >= 15 is 0 Å². The number of hydrogen-bond acceptors (Lipinski definition) is 1. The van der Waals surface area contributed by atoms with E-state index in [2.05, 4.69) is 36.8 Å². The first-order valence-corrected chi connectivity index (χ1v) is 5.24. The molecule has 1 heterocycles. The Balaban J connectivity index is 3.09. The first kappa shape index (κ1) is 8.97. The van der Waals surface area contributed by atoms with Crippen LogP contribution >= 0.6 is 31.9 Å². The molecule has 4 heteroatoms. The van der Waals surface area contributed by atoms with Crippen LogP contribution in [-0.2, 0) is 0 Å². The van der Waals surface area contributed by atoms with E-state index in [0.29, 0.717) is 5.39 Å². The Morgan fingerprint density at radius 3 is 2.62 bits per heavy atom. The van der Waals surface area contributed by atoms with Crippen molar-refractivity contribution in [2.75, 3.05) is 0 Å². The minimum absolute atomic E-state index is 0.0781. The van der Waals surface area contributed by atoms with Gasteiger partial charge in [0.15, 0.2) is 0 Å². The molecule has 0 radical (unpaired) electrons. The summed E-state index contributed by atoms with van der Waals surface area (Å²) < 4.78 is 1.70. The maximum atomic E-state index is 11.4. The molecular weight excluding hydrogens is 298 g/mol. The van der Waals surface area contributed by atoms with Gasteiger partial charge in [0.1, 0.15) is 0 Å². The molecule has 0 spiro atoms. The zero-order valence-electron chi connectivity index (χ0n) is 6.47. The molecule has 0 atom stereocenters. The van der Waals surface area contributed by atoms with Gasteiger partial charge in [0.05, 0.1) is 5.39 Å². The van der Waals surface area contributed by atoms with Crippen LogP contribution in [0.2, 0.25) is 0 Å². The van der Waals surface area contributed by atoms with Gasteiger partial charge in [-0.2, -0.15) is 0 Å². The van der Waals surface area contributed by atoms with Crippen molar-refractivity contribution in [2.24, 2.45) is 0 Å². The molecule has 0 bridgehead atoms. The fourth-order valence-corrected chi connectivity index (χ4v) is 2.22. The second kappa shape index (κ2) is 3.27. The van der Waals surface area contributed by atoms with Gasteiger partial charge in [-0.25, -0.2) is 0 Å². The Hall–Kier alpha value is -0.610. The molecule has 1 aromatic carbocycles. The molecule has 66 valence electrons. The van der Waals surface area contributed by atoms with Crippen LogP contribution in [0, 0.1) is 0 Å². The fraction of sp³-hybridized carbons (Fsp3) is 0. The summed E-state index contributed by atoms with van der Waals surface area (Å²) in [5.41, 5.74) is -0.0781. The molecule has 0 aliphatic carbocycles. The van der Waals surface area contributed by atoms with E-state index in [4.69, 9.17) is 0 Å². The summed E-state index contributed by atoms with van der Waals surface area (Å²) in [6.07, 6.45) is 1.65. The normalized spacial score (nSPS) is 10.6. The quantitative estimate of drug-likeness (QED) is 0.797. The summed E-state index contributed by atoms with van der Waals surface area (Å²) in [6, 6.07) is 5.65. The summed E-state index contributed by atoms with van der Waals surface area (Å²) in [4.78, 5) is 14.1. The van der Waals surface area contributed by atoms with Crippen molar-refractivity contribution in [1.29, 1.82) is 0 Å². The minimum Gasteiger partial charge on any atom is -0.327 e. The summed E-state index contributed by atoms with van der Waals surface area (Å²) in [6.45, 7) is 0. The monoisotopic (exact) mass is 301 g/mol. The predicted molar refractivity (Wildman–Crippen MR) is 60.0 cm³/mol. The average Bonchev–Trinajstić information content (AvgIpc) is 2.12. The van der Waals surface area contributed by atoms with Crippen molar-refractivity contribution in [1.82, 2.24) is 4.98 Å². The summed E-state index contributed by atoms with van der Waals surface area (Å²) in [5.74, 6) is 0. The number of halogens is 2. The molecular formula is C9H5Br2NO. The number of benzene rings is 1. The highest BCUT2D eigenvalue weighted by atomic mass is 79.9. The van der Waals surface area contributed by atoms with E-state index in [1.807, 2.05) is 18.2 Å². The van der Waals surface area contributed by atoms with Gasteiger partial charge >= 0.3 is 0 Å². The lowest BCUT2D eigenvalue weighted by Crippen LogP contribution is -2.05. The third-order valence-electron chi connectivity index (χ3n) is 1.83. The lowest BCUT2D eigenvalue weighted by atomic mass is 10.2. The van der Waals surface area contributed by atoms with Crippen LogP contribution in [0.3, 0.4) is 0 Å². The third-order valence-corrected chi connectivity index (χ3v) is 3.14. The zero-order chi connectivity index (χ0) is 9.42. The molecule has 0 amide bonds. The van der Waals surface area contributed by atoms with E-state index in [9.17, 15) is 4.79 Å². The largest absolute Gasteiger partial charge is 0.327 e. The van der Waals surface area contributed by atoms with Gasteiger partial charge < -0.3 is 4.98 Å². The molecule has 0 aliphatic rings. The number of aromatic amines is 1. The molecule has 2 aromatic rings. The lowest BCUT2D eigenvalue weighted by Gasteiger charge is -2.00. The van der Waals surface area contributed by atoms with Crippen LogP contribution < -0.4 is 5.56 Å². The first-order valence-electron chi connectivity index (χ1n) is 3.65. The maximum absolute atomic E-state index is 11.4. The van der Waals surface area contributed by atoms with Crippen molar-refractivity contribution >= 4 is 42.6 Å². The number of pyridine rings is 1. The van der Waals surface area contributed by atoms with E-state index in [-0.39, 0.29) is 5.56 Å². The second-order valence-electron chi connectivity index (χ2n) is 2.63. The van der Waals surface area contributed by atoms with Crippen molar-refractivity contribution in [3.8, 4) is 0 Å². The number of hydrogen-bond donors (Lipinski definition) is 1. The summed E-state index contributed by atoms with van der Waals surface area (Å²) in [5, 5.41) is 1.59. The van der Waals surface area contributed by atoms with Crippen molar-refractivity contribution in [3.63, 3.8) is 0 Å². The summed E-state index contributed by atoms with van der Waals surface area (Å²) >= 11 is 6.72. The Bertz CT molecular complexity index is 518. The Kier molecular flexibility index (Phi) is 2.26. The molecule has 2 nitrogen and oxygen atoms in total. The predicted octanol–water partition coefficient (Wildman–Crippen LogP) is 3.05. The van der Waals surface area contributed by atoms with Crippen LogP contribution in [0.25, 0.3) is 10.8 Å². The van der Waals surface area contributed by atoms with E-state index in [1.165, 1.54) is 0 Å². The van der Waals surface area contributed by atoms with Crippen LogP contribution in [-0.4, -0.2) is 4.98 Å². The molecule has 0 aliphatic heterocycles. The van der Waals surface area contributed by atoms with Crippen LogP contribution in [0.15, 0.2) is 38.1 Å². The van der Waals surface area contributed by atoms with Gasteiger partial charge in [0, 0.05) is 20.5 Å². The molecule has 0 fully saturated rings. The molecule has 1 aromatic heterocycles. The van der Waals surface area contributed by atoms with Crippen molar-refractivity contribution < 1.29 is 0 Å². The Morgan fingerprint density at radius 2 is 1.92 bits per heavy atom. The fourth-order valence-electron chi connectivity index (χ4n) is 1.23. The maximum Gasteiger partial charge on any atom is 0.257 e. The van der Waals surface area contributed by atoms with Crippen molar-refractivity contribution in [2.45, 2.75) is 0 Å². The SMILES string of the molecule is O=c1[nH]cc(Br)c2cccc(Br)c12. The van der Waals surface area contributed by atoms with Gasteiger partial charge in [-0.1, -0.05) is 12.1 Å². The molecule has 2 rings (SSSR count). The van der Waals surface area contributed by atoms with Crippen LogP contribution in [0.4, 0.5) is 0 Å². The first-order chi connectivity index (χ1) is 6.20. The molecule has 1 N–H and O–H groups in total. The lowest BCUT2D eigenvalue weighted by molar-refractivity contribution is 1.26. The van der Waals surface area contributed by atoms with Gasteiger partial charge in [0.2, 0.25) is 0 Å². The third kappa shape index (κ3) is 1.44. The number of H-pyrrole nitrogens is 1. The number of nitrogens with one attached hydrogen (secondary N) is 1. The Labute approximate surface area is 91.2 Å². The summed E-state index contributed by atoms with van der Waals surface area (Å²) in [7, 11) is 0. The number of rotatable bonds is 0.